The molecule has 6 nitrogen and oxygen atoms in total. The van der Waals surface area contributed by atoms with E-state index >= 15 is 0 Å². The van der Waals surface area contributed by atoms with Crippen LogP contribution in [0.15, 0.2) is 77.7 Å². The zero-order valence-electron chi connectivity index (χ0n) is 16.6. The van der Waals surface area contributed by atoms with E-state index in [1.807, 2.05) is 12.1 Å². The van der Waals surface area contributed by atoms with Crippen molar-refractivity contribution in [3.05, 3.63) is 89.2 Å². The van der Waals surface area contributed by atoms with Crippen molar-refractivity contribution in [3.63, 3.8) is 0 Å². The van der Waals surface area contributed by atoms with E-state index in [4.69, 9.17) is 16.3 Å². The van der Waals surface area contributed by atoms with E-state index in [0.29, 0.717) is 23.0 Å². The van der Waals surface area contributed by atoms with Gasteiger partial charge in [-0.2, -0.15) is 0 Å². The number of nitrogens with one attached hydrogen (secondary N) is 1. The minimum atomic E-state index is -3.83. The molecule has 0 spiro atoms. The molecule has 31 heavy (non-hydrogen) atoms. The van der Waals surface area contributed by atoms with Crippen LogP contribution >= 0.6 is 11.6 Å². The van der Waals surface area contributed by atoms with Crippen LogP contribution in [0.5, 0.6) is 5.75 Å². The Morgan fingerprint density at radius 1 is 1.00 bits per heavy atom. The minimum absolute atomic E-state index is 0.0194. The third kappa shape index (κ3) is 5.96. The average Bonchev–Trinajstić information content (AvgIpc) is 2.77. The number of sulfonamides is 1. The van der Waals surface area contributed by atoms with Gasteiger partial charge < -0.3 is 10.1 Å². The van der Waals surface area contributed by atoms with E-state index in [1.54, 1.807) is 36.4 Å². The third-order valence-electron chi connectivity index (χ3n) is 4.45. The number of benzene rings is 3. The Hall–Kier alpha value is -3.10. The van der Waals surface area contributed by atoms with Crippen molar-refractivity contribution in [2.45, 2.75) is 11.4 Å². The van der Waals surface area contributed by atoms with E-state index in [9.17, 15) is 17.6 Å². The number of carbonyl (C=O) groups excluding carboxylic acids is 1. The van der Waals surface area contributed by atoms with Crippen LogP contribution in [0.2, 0.25) is 5.02 Å². The van der Waals surface area contributed by atoms with Crippen molar-refractivity contribution < 1.29 is 22.3 Å². The van der Waals surface area contributed by atoms with E-state index in [-0.39, 0.29) is 17.4 Å². The molecular formula is C22H20ClFN2O4S. The predicted molar refractivity (Wildman–Crippen MR) is 117 cm³/mol. The molecule has 1 amide bonds. The van der Waals surface area contributed by atoms with Crippen molar-refractivity contribution in [3.8, 4) is 5.75 Å². The first-order valence-electron chi connectivity index (χ1n) is 9.24. The van der Waals surface area contributed by atoms with E-state index in [2.05, 4.69) is 5.32 Å². The molecule has 0 fully saturated rings. The summed E-state index contributed by atoms with van der Waals surface area (Å²) in [5.41, 5.74) is 1.30. The molecule has 0 saturated heterocycles. The molecule has 3 rings (SSSR count). The summed E-state index contributed by atoms with van der Waals surface area (Å²) in [6.45, 7) is 0.168. The second-order valence-electron chi connectivity index (χ2n) is 6.61. The van der Waals surface area contributed by atoms with Gasteiger partial charge in [-0.25, -0.2) is 12.8 Å². The largest absolute Gasteiger partial charge is 0.484 e. The van der Waals surface area contributed by atoms with Gasteiger partial charge >= 0.3 is 0 Å². The summed E-state index contributed by atoms with van der Waals surface area (Å²) in [5.74, 6) is -0.395. The molecule has 1 N–H and O–H groups in total. The predicted octanol–water partition coefficient (Wildman–Crippen LogP) is 4.00. The molecule has 0 aliphatic carbocycles. The van der Waals surface area contributed by atoms with Gasteiger partial charge in [0.1, 0.15) is 11.6 Å². The lowest BCUT2D eigenvalue weighted by molar-refractivity contribution is -0.123. The minimum Gasteiger partial charge on any atom is -0.484 e. The Labute approximate surface area is 185 Å². The van der Waals surface area contributed by atoms with Gasteiger partial charge in [-0.3, -0.25) is 9.10 Å². The topological polar surface area (TPSA) is 75.7 Å². The van der Waals surface area contributed by atoms with E-state index < -0.39 is 15.8 Å². The fraction of sp³-hybridized carbons (Fsp3) is 0.136. The van der Waals surface area contributed by atoms with Crippen molar-refractivity contribution in [1.82, 2.24) is 5.32 Å². The smallest absolute Gasteiger partial charge is 0.264 e. The molecule has 0 bridgehead atoms. The Morgan fingerprint density at radius 3 is 2.23 bits per heavy atom. The normalized spacial score (nSPS) is 11.1. The zero-order chi connectivity index (χ0) is 22.4. The number of hydrogen-bond acceptors (Lipinski definition) is 4. The van der Waals surface area contributed by atoms with Gasteiger partial charge in [0.25, 0.3) is 15.9 Å². The van der Waals surface area contributed by atoms with Crippen molar-refractivity contribution in [2.75, 3.05) is 18.0 Å². The van der Waals surface area contributed by atoms with Crippen LogP contribution < -0.4 is 14.4 Å². The highest BCUT2D eigenvalue weighted by Crippen LogP contribution is 2.24. The van der Waals surface area contributed by atoms with Gasteiger partial charge in [0.2, 0.25) is 0 Å². The second-order valence-corrected chi connectivity index (χ2v) is 9.02. The lowest BCUT2D eigenvalue weighted by Gasteiger charge is -2.20. The number of ether oxygens (including phenoxy) is 1. The Kier molecular flexibility index (Phi) is 7.14. The van der Waals surface area contributed by atoms with Gasteiger partial charge in [0.15, 0.2) is 6.61 Å². The lowest BCUT2D eigenvalue weighted by Crippen LogP contribution is -2.28. The number of rotatable bonds is 8. The average molecular weight is 463 g/mol. The maximum absolute atomic E-state index is 13.1. The summed E-state index contributed by atoms with van der Waals surface area (Å²) >= 11 is 5.83. The fourth-order valence-corrected chi connectivity index (χ4v) is 3.98. The summed E-state index contributed by atoms with van der Waals surface area (Å²) in [6.07, 6.45) is 0. The molecule has 162 valence electrons. The summed E-state index contributed by atoms with van der Waals surface area (Å²) in [6, 6.07) is 18.0. The Balaban J connectivity index is 1.55. The van der Waals surface area contributed by atoms with Crippen LogP contribution in [0.3, 0.4) is 0 Å². The molecular weight excluding hydrogens is 443 g/mol. The summed E-state index contributed by atoms with van der Waals surface area (Å²) < 4.78 is 44.9. The quantitative estimate of drug-likeness (QED) is 0.549. The fourth-order valence-electron chi connectivity index (χ4n) is 2.66. The molecule has 0 heterocycles. The standard InChI is InChI=1S/C22H20ClFN2O4S/c1-26(31(28,29)21-12-6-18(24)7-13-21)19-8-10-20(11-9-19)30-15-22(27)25-14-16-2-4-17(23)5-3-16/h2-13H,14-15H2,1H3,(H,25,27). The summed E-state index contributed by atoms with van der Waals surface area (Å²) in [7, 11) is -2.43. The van der Waals surface area contributed by atoms with Crippen LogP contribution in [-0.4, -0.2) is 28.0 Å². The number of carbonyl (C=O) groups is 1. The SMILES string of the molecule is CN(c1ccc(OCC(=O)NCc2ccc(Cl)cc2)cc1)S(=O)(=O)c1ccc(F)cc1. The van der Waals surface area contributed by atoms with E-state index in [0.717, 1.165) is 22.0 Å². The highest BCUT2D eigenvalue weighted by atomic mass is 35.5. The van der Waals surface area contributed by atoms with Crippen LogP contribution in [0, 0.1) is 5.82 Å². The molecule has 0 aliphatic rings. The first kappa shape index (κ1) is 22.6. The van der Waals surface area contributed by atoms with Crippen LogP contribution in [0.25, 0.3) is 0 Å². The molecule has 9 heteroatoms. The first-order chi connectivity index (χ1) is 14.8. The molecule has 0 saturated carbocycles. The van der Waals surface area contributed by atoms with Gasteiger partial charge in [-0.05, 0) is 66.2 Å². The number of halogens is 2. The van der Waals surface area contributed by atoms with Gasteiger partial charge in [0.05, 0.1) is 10.6 Å². The van der Waals surface area contributed by atoms with Crippen LogP contribution in [-0.2, 0) is 21.4 Å². The second kappa shape index (κ2) is 9.80. The zero-order valence-corrected chi connectivity index (χ0v) is 18.2. The lowest BCUT2D eigenvalue weighted by atomic mass is 10.2. The number of anilines is 1. The van der Waals surface area contributed by atoms with Crippen molar-refractivity contribution in [1.29, 1.82) is 0 Å². The number of amides is 1. The Bertz CT molecular complexity index is 1140. The number of nitrogens with zero attached hydrogens (tertiary/aromatic N) is 1. The summed E-state index contributed by atoms with van der Waals surface area (Å²) in [5, 5.41) is 3.36. The molecule has 0 atom stereocenters. The van der Waals surface area contributed by atoms with Gasteiger partial charge in [-0.1, -0.05) is 23.7 Å². The molecule has 0 aliphatic heterocycles. The van der Waals surface area contributed by atoms with Crippen LogP contribution in [0.4, 0.5) is 10.1 Å². The molecule has 0 radical (unpaired) electrons. The Morgan fingerprint density at radius 2 is 1.61 bits per heavy atom. The molecule has 0 unspecified atom stereocenters. The third-order valence-corrected chi connectivity index (χ3v) is 6.50. The van der Waals surface area contributed by atoms with Crippen molar-refractivity contribution in [2.24, 2.45) is 0 Å². The first-order valence-corrected chi connectivity index (χ1v) is 11.1. The van der Waals surface area contributed by atoms with Crippen molar-refractivity contribution >= 4 is 33.2 Å². The van der Waals surface area contributed by atoms with Crippen LogP contribution in [0.1, 0.15) is 5.56 Å². The van der Waals surface area contributed by atoms with E-state index in [1.165, 1.54) is 19.2 Å². The van der Waals surface area contributed by atoms with Gasteiger partial charge in [0, 0.05) is 18.6 Å². The van der Waals surface area contributed by atoms with Gasteiger partial charge in [-0.15, -0.1) is 0 Å². The maximum Gasteiger partial charge on any atom is 0.264 e. The monoisotopic (exact) mass is 462 g/mol. The number of hydrogen-bond donors (Lipinski definition) is 1. The molecule has 3 aromatic rings. The molecule has 0 aromatic heterocycles. The molecule has 3 aromatic carbocycles. The maximum atomic E-state index is 13.1. The summed E-state index contributed by atoms with van der Waals surface area (Å²) in [4.78, 5) is 11.9. The highest BCUT2D eigenvalue weighted by molar-refractivity contribution is 7.92. The highest BCUT2D eigenvalue weighted by Gasteiger charge is 2.21.